The number of imide groups is 1. The molecule has 4 rings (SSSR count). The minimum Gasteiger partial charge on any atom is -0.406 e. The summed E-state index contributed by atoms with van der Waals surface area (Å²) in [4.78, 5) is 32.6. The van der Waals surface area contributed by atoms with Crippen molar-refractivity contribution in [3.8, 4) is 5.75 Å². The fourth-order valence-electron chi connectivity index (χ4n) is 3.94. The number of anilines is 2. The van der Waals surface area contributed by atoms with E-state index in [1.54, 1.807) is 0 Å². The van der Waals surface area contributed by atoms with Crippen LogP contribution in [-0.4, -0.2) is 72.7 Å². The van der Waals surface area contributed by atoms with Crippen LogP contribution < -0.4 is 14.4 Å². The van der Waals surface area contributed by atoms with E-state index in [1.807, 2.05) is 0 Å². The van der Waals surface area contributed by atoms with Gasteiger partial charge in [0.25, 0.3) is 5.91 Å². The smallest absolute Gasteiger partial charge is 0.406 e. The number of amides is 3. The van der Waals surface area contributed by atoms with Gasteiger partial charge in [0, 0.05) is 19.3 Å². The number of hydrogen-bond acceptors (Lipinski definition) is 7. The lowest BCUT2D eigenvalue weighted by atomic mass is 10.0. The lowest BCUT2D eigenvalue weighted by Crippen LogP contribution is -2.44. The number of alkyl halides is 3. The van der Waals surface area contributed by atoms with Gasteiger partial charge >= 0.3 is 22.6 Å². The Kier molecular flexibility index (Phi) is 7.05. The molecule has 0 atom stereocenters. The first-order chi connectivity index (χ1) is 17.3. The SMILES string of the molecule is CC1(C)C(=O)N(c2ccc(OC(F)(F)F)cc2)C(=O)N1Cc1ccncc1NS(=O)(=O)N1CCOCC1. The molecule has 2 aliphatic heterocycles. The molecule has 1 aromatic heterocycles. The quantitative estimate of drug-likeness (QED) is 0.533. The Morgan fingerprint density at radius 2 is 1.76 bits per heavy atom. The number of hydrogen-bond donors (Lipinski definition) is 1. The van der Waals surface area contributed by atoms with Gasteiger partial charge in [-0.25, -0.2) is 9.69 Å². The molecule has 3 amide bonds. The summed E-state index contributed by atoms with van der Waals surface area (Å²) < 4.78 is 75.8. The molecule has 200 valence electrons. The number of aromatic nitrogens is 1. The molecule has 2 saturated heterocycles. The normalized spacial score (nSPS) is 18.8. The van der Waals surface area contributed by atoms with Crippen LogP contribution in [0.4, 0.5) is 29.3 Å². The summed E-state index contributed by atoms with van der Waals surface area (Å²) >= 11 is 0. The predicted molar refractivity (Wildman–Crippen MR) is 125 cm³/mol. The summed E-state index contributed by atoms with van der Waals surface area (Å²) in [5, 5.41) is 0. The predicted octanol–water partition coefficient (Wildman–Crippen LogP) is 2.72. The molecule has 0 aliphatic carbocycles. The number of ether oxygens (including phenoxy) is 2. The maximum Gasteiger partial charge on any atom is 0.573 e. The largest absolute Gasteiger partial charge is 0.573 e. The van der Waals surface area contributed by atoms with E-state index in [0.717, 1.165) is 17.0 Å². The summed E-state index contributed by atoms with van der Waals surface area (Å²) in [6.45, 7) is 3.78. The number of rotatable bonds is 7. The molecule has 1 aromatic carbocycles. The van der Waals surface area contributed by atoms with Crippen LogP contribution in [0.2, 0.25) is 0 Å². The van der Waals surface area contributed by atoms with Crippen LogP contribution in [0.25, 0.3) is 0 Å². The van der Waals surface area contributed by atoms with E-state index in [4.69, 9.17) is 4.74 Å². The van der Waals surface area contributed by atoms with Crippen molar-refractivity contribution >= 4 is 33.5 Å². The van der Waals surface area contributed by atoms with E-state index >= 15 is 0 Å². The number of carbonyl (C=O) groups is 2. The standard InChI is InChI=1S/C22H24F3N5O6S/c1-21(2)19(31)30(16-3-5-17(6-4-16)36-22(23,24)25)20(32)29(21)14-15-7-8-26-13-18(15)27-37(33,34)28-9-11-35-12-10-28/h3-8,13,27H,9-12,14H2,1-2H3. The molecule has 2 aromatic rings. The number of nitrogens with zero attached hydrogens (tertiary/aromatic N) is 4. The lowest BCUT2D eigenvalue weighted by molar-refractivity contribution is -0.274. The second-order valence-electron chi connectivity index (χ2n) is 8.76. The van der Waals surface area contributed by atoms with Crippen molar-refractivity contribution in [3.63, 3.8) is 0 Å². The van der Waals surface area contributed by atoms with Crippen LogP contribution in [0.3, 0.4) is 0 Å². The Morgan fingerprint density at radius 3 is 2.38 bits per heavy atom. The van der Waals surface area contributed by atoms with Crippen molar-refractivity contribution < 1.29 is 40.7 Å². The molecule has 0 bridgehead atoms. The second-order valence-corrected chi connectivity index (χ2v) is 10.4. The first kappa shape index (κ1) is 26.6. The third kappa shape index (κ3) is 5.62. The average Bonchev–Trinajstić information content (AvgIpc) is 2.99. The van der Waals surface area contributed by atoms with Crippen molar-refractivity contribution in [3.05, 3.63) is 48.3 Å². The molecule has 2 fully saturated rings. The van der Waals surface area contributed by atoms with Crippen molar-refractivity contribution in [2.75, 3.05) is 35.9 Å². The maximum atomic E-state index is 13.3. The molecule has 11 nitrogen and oxygen atoms in total. The number of nitrogens with one attached hydrogen (secondary N) is 1. The minimum absolute atomic E-state index is 0.0584. The topological polar surface area (TPSA) is 121 Å². The van der Waals surface area contributed by atoms with Gasteiger partial charge in [-0.15, -0.1) is 13.2 Å². The number of benzene rings is 1. The van der Waals surface area contributed by atoms with Crippen LogP contribution in [0.1, 0.15) is 19.4 Å². The Balaban J connectivity index is 1.57. The van der Waals surface area contributed by atoms with E-state index in [0.29, 0.717) is 5.56 Å². The van der Waals surface area contributed by atoms with Crippen LogP contribution >= 0.6 is 0 Å². The number of pyridine rings is 1. The zero-order valence-electron chi connectivity index (χ0n) is 19.9. The highest BCUT2D eigenvalue weighted by Gasteiger charge is 2.52. The van der Waals surface area contributed by atoms with Gasteiger partial charge in [-0.2, -0.15) is 12.7 Å². The molecule has 0 radical (unpaired) electrons. The van der Waals surface area contributed by atoms with Gasteiger partial charge in [-0.1, -0.05) is 0 Å². The number of morpholine rings is 1. The molecule has 0 unspecified atom stereocenters. The van der Waals surface area contributed by atoms with Crippen molar-refractivity contribution in [2.24, 2.45) is 0 Å². The van der Waals surface area contributed by atoms with Gasteiger partial charge in [-0.3, -0.25) is 14.5 Å². The molecule has 0 spiro atoms. The molecular weight excluding hydrogens is 519 g/mol. The average molecular weight is 544 g/mol. The summed E-state index contributed by atoms with van der Waals surface area (Å²) in [5.41, 5.74) is -0.765. The van der Waals surface area contributed by atoms with Crippen LogP contribution in [0.15, 0.2) is 42.7 Å². The van der Waals surface area contributed by atoms with Crippen molar-refractivity contribution in [1.82, 2.24) is 14.2 Å². The van der Waals surface area contributed by atoms with Gasteiger partial charge in [0.2, 0.25) is 0 Å². The van der Waals surface area contributed by atoms with Gasteiger partial charge in [0.15, 0.2) is 0 Å². The molecule has 15 heteroatoms. The summed E-state index contributed by atoms with van der Waals surface area (Å²) in [5.74, 6) is -1.10. The molecule has 3 heterocycles. The molecule has 37 heavy (non-hydrogen) atoms. The van der Waals surface area contributed by atoms with E-state index in [9.17, 15) is 31.2 Å². The zero-order valence-corrected chi connectivity index (χ0v) is 20.7. The fraction of sp³-hybridized carbons (Fsp3) is 0.409. The van der Waals surface area contributed by atoms with Gasteiger partial charge in [-0.05, 0) is 49.7 Å². The van der Waals surface area contributed by atoms with E-state index in [-0.39, 0.29) is 44.2 Å². The molecule has 1 N–H and O–H groups in total. The van der Waals surface area contributed by atoms with Gasteiger partial charge in [0.05, 0.1) is 37.3 Å². The first-order valence-electron chi connectivity index (χ1n) is 11.1. The van der Waals surface area contributed by atoms with E-state index in [1.165, 1.54) is 53.6 Å². The van der Waals surface area contributed by atoms with Crippen LogP contribution in [-0.2, 0) is 26.3 Å². The van der Waals surface area contributed by atoms with Gasteiger partial charge < -0.3 is 14.4 Å². The van der Waals surface area contributed by atoms with E-state index < -0.39 is 39.8 Å². The summed E-state index contributed by atoms with van der Waals surface area (Å²) in [7, 11) is -3.93. The van der Waals surface area contributed by atoms with Crippen LogP contribution in [0.5, 0.6) is 5.75 Å². The van der Waals surface area contributed by atoms with Crippen molar-refractivity contribution in [1.29, 1.82) is 0 Å². The molecule has 2 aliphatic rings. The highest BCUT2D eigenvalue weighted by Crippen LogP contribution is 2.35. The minimum atomic E-state index is -4.88. The Morgan fingerprint density at radius 1 is 1.11 bits per heavy atom. The Bertz CT molecular complexity index is 1280. The molecule has 0 saturated carbocycles. The fourth-order valence-corrected chi connectivity index (χ4v) is 5.16. The monoisotopic (exact) mass is 543 g/mol. The second kappa shape index (κ2) is 9.79. The summed E-state index contributed by atoms with van der Waals surface area (Å²) in [6.07, 6.45) is -2.15. The van der Waals surface area contributed by atoms with E-state index in [2.05, 4.69) is 14.4 Å². The summed E-state index contributed by atoms with van der Waals surface area (Å²) in [6, 6.07) is 5.14. The Hall–Kier alpha value is -3.43. The molecular formula is C22H24F3N5O6S. The first-order valence-corrected chi connectivity index (χ1v) is 12.5. The highest BCUT2D eigenvalue weighted by molar-refractivity contribution is 7.90. The van der Waals surface area contributed by atoms with Crippen molar-refractivity contribution in [2.45, 2.75) is 32.3 Å². The highest BCUT2D eigenvalue weighted by atomic mass is 32.2. The third-order valence-electron chi connectivity index (χ3n) is 5.94. The number of urea groups is 1. The van der Waals surface area contributed by atoms with Gasteiger partial charge in [0.1, 0.15) is 11.3 Å². The number of halogens is 3. The number of carbonyl (C=O) groups excluding carboxylic acids is 2. The zero-order chi connectivity index (χ0) is 27.0. The third-order valence-corrected chi connectivity index (χ3v) is 7.46. The van der Waals surface area contributed by atoms with Crippen LogP contribution in [0, 0.1) is 0 Å². The maximum absolute atomic E-state index is 13.3. The lowest BCUT2D eigenvalue weighted by Gasteiger charge is -2.29. The Labute approximate surface area is 210 Å².